The monoisotopic (exact) mass is 379 g/mol. The highest BCUT2D eigenvalue weighted by Gasteiger charge is 2.17. The fourth-order valence-corrected chi connectivity index (χ4v) is 2.65. The van der Waals surface area contributed by atoms with Crippen LogP contribution in [0.2, 0.25) is 0 Å². The Bertz CT molecular complexity index is 1060. The van der Waals surface area contributed by atoms with E-state index in [1.807, 2.05) is 0 Å². The SMILES string of the molecule is Cc1cc(C(=O)Nc2ccccc2C(=O)N/N=C/c2cccc(F)c2)c(C)o1. The number of hydrogen-bond donors (Lipinski definition) is 2. The predicted molar refractivity (Wildman–Crippen MR) is 104 cm³/mol. The molecule has 0 aliphatic carbocycles. The van der Waals surface area contributed by atoms with E-state index in [2.05, 4.69) is 15.8 Å². The van der Waals surface area contributed by atoms with Gasteiger partial charge in [-0.25, -0.2) is 9.82 Å². The van der Waals surface area contributed by atoms with E-state index in [1.165, 1.54) is 18.3 Å². The molecule has 0 saturated heterocycles. The molecule has 3 rings (SSSR count). The van der Waals surface area contributed by atoms with Crippen molar-refractivity contribution >= 4 is 23.7 Å². The summed E-state index contributed by atoms with van der Waals surface area (Å²) in [5, 5.41) is 6.55. The van der Waals surface area contributed by atoms with Crippen molar-refractivity contribution in [2.75, 3.05) is 5.32 Å². The quantitative estimate of drug-likeness (QED) is 0.518. The van der Waals surface area contributed by atoms with E-state index in [4.69, 9.17) is 4.42 Å². The van der Waals surface area contributed by atoms with Crippen molar-refractivity contribution in [3.8, 4) is 0 Å². The Kier molecular flexibility index (Phi) is 5.64. The summed E-state index contributed by atoms with van der Waals surface area (Å²) in [5.74, 6) is -0.161. The third-order valence-electron chi connectivity index (χ3n) is 3.93. The van der Waals surface area contributed by atoms with Crippen LogP contribution in [0.3, 0.4) is 0 Å². The average Bonchev–Trinajstić information content (AvgIpc) is 3.00. The molecule has 6 nitrogen and oxygen atoms in total. The number of benzene rings is 2. The lowest BCUT2D eigenvalue weighted by molar-refractivity contribution is 0.0956. The minimum absolute atomic E-state index is 0.241. The highest BCUT2D eigenvalue weighted by Crippen LogP contribution is 2.19. The zero-order valence-electron chi connectivity index (χ0n) is 15.3. The fraction of sp³-hybridized carbons (Fsp3) is 0.0952. The molecule has 142 valence electrons. The maximum atomic E-state index is 13.2. The van der Waals surface area contributed by atoms with Crippen molar-refractivity contribution in [3.05, 3.63) is 88.6 Å². The van der Waals surface area contributed by atoms with Gasteiger partial charge >= 0.3 is 0 Å². The van der Waals surface area contributed by atoms with Crippen LogP contribution in [0.25, 0.3) is 0 Å². The number of furan rings is 1. The largest absolute Gasteiger partial charge is 0.466 e. The summed E-state index contributed by atoms with van der Waals surface area (Å²) in [6.45, 7) is 3.45. The zero-order valence-corrected chi connectivity index (χ0v) is 15.3. The van der Waals surface area contributed by atoms with Gasteiger partial charge in [0.1, 0.15) is 17.3 Å². The lowest BCUT2D eigenvalue weighted by atomic mass is 10.1. The number of carbonyl (C=O) groups excluding carboxylic acids is 2. The second-order valence-corrected chi connectivity index (χ2v) is 6.08. The van der Waals surface area contributed by atoms with Crippen LogP contribution in [0.5, 0.6) is 0 Å². The van der Waals surface area contributed by atoms with Crippen LogP contribution in [0.4, 0.5) is 10.1 Å². The Balaban J connectivity index is 1.73. The van der Waals surface area contributed by atoms with Gasteiger partial charge in [0.25, 0.3) is 11.8 Å². The first-order chi connectivity index (χ1) is 13.4. The standard InChI is InChI=1S/C21H18FN3O3/c1-13-10-18(14(2)28-13)20(26)24-19-9-4-3-8-17(19)21(27)25-23-12-15-6-5-7-16(22)11-15/h3-12H,1-2H3,(H,24,26)(H,25,27)/b23-12+. The van der Waals surface area contributed by atoms with Crippen LogP contribution < -0.4 is 10.7 Å². The third-order valence-corrected chi connectivity index (χ3v) is 3.93. The molecule has 1 heterocycles. The molecule has 0 fully saturated rings. The Morgan fingerprint density at radius 2 is 1.79 bits per heavy atom. The number of nitrogens with one attached hydrogen (secondary N) is 2. The normalized spacial score (nSPS) is 10.8. The Labute approximate surface area is 161 Å². The highest BCUT2D eigenvalue weighted by atomic mass is 19.1. The van der Waals surface area contributed by atoms with Crippen LogP contribution in [-0.4, -0.2) is 18.0 Å². The summed E-state index contributed by atoms with van der Waals surface area (Å²) in [4.78, 5) is 24.9. The lowest BCUT2D eigenvalue weighted by Crippen LogP contribution is -2.21. The second kappa shape index (κ2) is 8.30. The van der Waals surface area contributed by atoms with Crippen LogP contribution in [0.1, 0.15) is 37.8 Å². The van der Waals surface area contributed by atoms with Crippen molar-refractivity contribution in [3.63, 3.8) is 0 Å². The molecule has 2 aromatic carbocycles. The molecule has 1 aromatic heterocycles. The van der Waals surface area contributed by atoms with E-state index < -0.39 is 11.7 Å². The number of hydrogen-bond acceptors (Lipinski definition) is 4. The van der Waals surface area contributed by atoms with Gasteiger partial charge in [-0.1, -0.05) is 24.3 Å². The number of aryl methyl sites for hydroxylation is 2. The minimum Gasteiger partial charge on any atom is -0.466 e. The average molecular weight is 379 g/mol. The summed E-state index contributed by atoms with van der Waals surface area (Å²) < 4.78 is 18.5. The van der Waals surface area contributed by atoms with Gasteiger partial charge in [0, 0.05) is 0 Å². The maximum Gasteiger partial charge on any atom is 0.273 e. The first kappa shape index (κ1) is 19.0. The van der Waals surface area contributed by atoms with Crippen LogP contribution in [-0.2, 0) is 0 Å². The van der Waals surface area contributed by atoms with Crippen molar-refractivity contribution in [1.82, 2.24) is 5.43 Å². The molecule has 7 heteroatoms. The molecular formula is C21H18FN3O3. The molecule has 0 spiro atoms. The van der Waals surface area contributed by atoms with E-state index in [0.717, 1.165) is 0 Å². The topological polar surface area (TPSA) is 83.7 Å². The minimum atomic E-state index is -0.511. The summed E-state index contributed by atoms with van der Waals surface area (Å²) in [5.41, 5.74) is 3.86. The molecule has 0 atom stereocenters. The molecule has 2 amide bonds. The van der Waals surface area contributed by atoms with Crippen LogP contribution >= 0.6 is 0 Å². The van der Waals surface area contributed by atoms with Gasteiger partial charge in [-0.3, -0.25) is 9.59 Å². The molecule has 0 saturated carbocycles. The van der Waals surface area contributed by atoms with Gasteiger partial charge in [-0.15, -0.1) is 0 Å². The summed E-state index contributed by atoms with van der Waals surface area (Å²) >= 11 is 0. The zero-order chi connectivity index (χ0) is 20.1. The number of anilines is 1. The molecule has 0 aliphatic heterocycles. The van der Waals surface area contributed by atoms with Gasteiger partial charge in [0.2, 0.25) is 0 Å². The molecule has 2 N–H and O–H groups in total. The number of para-hydroxylation sites is 1. The van der Waals surface area contributed by atoms with Crippen molar-refractivity contribution in [2.45, 2.75) is 13.8 Å². The molecule has 0 unspecified atom stereocenters. The third kappa shape index (κ3) is 4.50. The number of hydrazone groups is 1. The number of amides is 2. The maximum absolute atomic E-state index is 13.2. The molecule has 0 radical (unpaired) electrons. The van der Waals surface area contributed by atoms with Crippen molar-refractivity contribution in [1.29, 1.82) is 0 Å². The highest BCUT2D eigenvalue weighted by molar-refractivity contribution is 6.09. The first-order valence-electron chi connectivity index (χ1n) is 8.50. The number of rotatable bonds is 5. The molecular weight excluding hydrogens is 361 g/mol. The predicted octanol–water partition coefficient (Wildman–Crippen LogP) is 4.05. The summed E-state index contributed by atoms with van der Waals surface area (Å²) in [6.07, 6.45) is 1.33. The Hall–Kier alpha value is -3.74. The Morgan fingerprint density at radius 1 is 1.00 bits per heavy atom. The van der Waals surface area contributed by atoms with E-state index in [0.29, 0.717) is 28.3 Å². The van der Waals surface area contributed by atoms with Crippen molar-refractivity contribution in [2.24, 2.45) is 5.10 Å². The number of nitrogens with zero attached hydrogens (tertiary/aromatic N) is 1. The molecule has 0 aliphatic rings. The van der Waals surface area contributed by atoms with Gasteiger partial charge in [-0.05, 0) is 49.7 Å². The smallest absolute Gasteiger partial charge is 0.273 e. The molecule has 0 bridgehead atoms. The number of halogens is 1. The van der Waals surface area contributed by atoms with E-state index >= 15 is 0 Å². The second-order valence-electron chi connectivity index (χ2n) is 6.08. The van der Waals surface area contributed by atoms with E-state index in [9.17, 15) is 14.0 Å². The lowest BCUT2D eigenvalue weighted by Gasteiger charge is -2.09. The van der Waals surface area contributed by atoms with Gasteiger partial charge in [-0.2, -0.15) is 5.10 Å². The van der Waals surface area contributed by atoms with Crippen molar-refractivity contribution < 1.29 is 18.4 Å². The van der Waals surface area contributed by atoms with Gasteiger partial charge in [0.15, 0.2) is 0 Å². The summed E-state index contributed by atoms with van der Waals surface area (Å²) in [7, 11) is 0. The molecule has 3 aromatic rings. The summed E-state index contributed by atoms with van der Waals surface area (Å²) in [6, 6.07) is 14.0. The van der Waals surface area contributed by atoms with Gasteiger partial charge < -0.3 is 9.73 Å². The van der Waals surface area contributed by atoms with Crippen LogP contribution in [0.15, 0.2) is 64.1 Å². The number of carbonyl (C=O) groups is 2. The fourth-order valence-electron chi connectivity index (χ4n) is 2.65. The molecule has 28 heavy (non-hydrogen) atoms. The van der Waals surface area contributed by atoms with Crippen LogP contribution in [0, 0.1) is 19.7 Å². The first-order valence-corrected chi connectivity index (χ1v) is 8.50. The van der Waals surface area contributed by atoms with E-state index in [1.54, 1.807) is 56.3 Å². The Morgan fingerprint density at radius 3 is 2.50 bits per heavy atom. The van der Waals surface area contributed by atoms with Gasteiger partial charge in [0.05, 0.1) is 23.0 Å². The van der Waals surface area contributed by atoms with E-state index in [-0.39, 0.29) is 11.5 Å².